The van der Waals surface area contributed by atoms with Crippen LogP contribution in [0.3, 0.4) is 0 Å². The third-order valence-electron chi connectivity index (χ3n) is 3.04. The predicted molar refractivity (Wildman–Crippen MR) is 68.9 cm³/mol. The lowest BCUT2D eigenvalue weighted by atomic mass is 10.0. The number of likely N-dealkylation sites (N-methyl/N-ethyl adjacent to an activating group) is 1. The molecule has 6 heteroatoms. The summed E-state index contributed by atoms with van der Waals surface area (Å²) < 4.78 is 13.9. The van der Waals surface area contributed by atoms with Crippen molar-refractivity contribution in [2.45, 2.75) is 19.4 Å². The molecule has 1 amide bonds. The van der Waals surface area contributed by atoms with Crippen LogP contribution in [-0.2, 0) is 0 Å². The molecule has 0 aliphatic carbocycles. The third-order valence-corrected chi connectivity index (χ3v) is 3.04. The van der Waals surface area contributed by atoms with Gasteiger partial charge in [0.25, 0.3) is 5.91 Å². The normalized spacial score (nSPS) is 11.4. The van der Waals surface area contributed by atoms with Crippen LogP contribution in [0.2, 0.25) is 0 Å². The molecule has 0 saturated heterocycles. The summed E-state index contributed by atoms with van der Waals surface area (Å²) in [6.45, 7) is 3.32. The van der Waals surface area contributed by atoms with Crippen LogP contribution in [-0.4, -0.2) is 30.2 Å². The molecular weight excluding hydrogens is 237 g/mol. The molecule has 1 rings (SSSR count). The van der Waals surface area contributed by atoms with Crippen LogP contribution in [0.1, 0.15) is 24.2 Å². The van der Waals surface area contributed by atoms with Crippen LogP contribution in [0.5, 0.6) is 0 Å². The number of carbonyl (C=O) groups excluding carboxylic acids is 1. The van der Waals surface area contributed by atoms with Crippen molar-refractivity contribution < 1.29 is 14.3 Å². The number of anilines is 2. The van der Waals surface area contributed by atoms with Gasteiger partial charge in [-0.15, -0.1) is 0 Å². The zero-order valence-electron chi connectivity index (χ0n) is 10.7. The van der Waals surface area contributed by atoms with Gasteiger partial charge in [0.2, 0.25) is 0 Å². The van der Waals surface area contributed by atoms with Gasteiger partial charge in [0, 0.05) is 12.7 Å². The lowest BCUT2D eigenvalue weighted by Crippen LogP contribution is -2.45. The van der Waals surface area contributed by atoms with Crippen LogP contribution < -0.4 is 16.4 Å². The molecule has 0 spiro atoms. The number of halogens is 1. The number of nitrogens with two attached hydrogens (primary N) is 2. The fourth-order valence-electron chi connectivity index (χ4n) is 1.48. The first kappa shape index (κ1) is 14.2. The van der Waals surface area contributed by atoms with E-state index in [4.69, 9.17) is 11.5 Å². The number of carbonyl (C=O) groups is 1. The zero-order valence-corrected chi connectivity index (χ0v) is 10.7. The average molecular weight is 255 g/mol. The number of aliphatic hydroxyl groups excluding tert-OH is 1. The Bertz CT molecular complexity index is 475. The lowest BCUT2D eigenvalue weighted by Gasteiger charge is -2.36. The summed E-state index contributed by atoms with van der Waals surface area (Å²) in [6.07, 6.45) is 0. The van der Waals surface area contributed by atoms with Gasteiger partial charge in [-0.3, -0.25) is 4.79 Å². The Morgan fingerprint density at radius 1 is 1.50 bits per heavy atom. The van der Waals surface area contributed by atoms with Gasteiger partial charge in [0.1, 0.15) is 5.82 Å². The molecule has 1 aromatic rings. The van der Waals surface area contributed by atoms with Crippen molar-refractivity contribution in [3.05, 3.63) is 23.5 Å². The fraction of sp³-hybridized carbons (Fsp3) is 0.417. The minimum Gasteiger partial charge on any atom is -0.398 e. The first-order valence-electron chi connectivity index (χ1n) is 5.44. The summed E-state index contributed by atoms with van der Waals surface area (Å²) in [5, 5.41) is 9.27. The lowest BCUT2D eigenvalue weighted by molar-refractivity contribution is 0.100. The van der Waals surface area contributed by atoms with Gasteiger partial charge in [-0.2, -0.15) is 0 Å². The summed E-state index contributed by atoms with van der Waals surface area (Å²) in [6, 6.07) is 2.35. The smallest absolute Gasteiger partial charge is 0.250 e. The van der Waals surface area contributed by atoms with E-state index < -0.39 is 17.3 Å². The van der Waals surface area contributed by atoms with E-state index in [1.54, 1.807) is 20.9 Å². The molecule has 0 aromatic heterocycles. The number of nitrogens with zero attached hydrogens (tertiary/aromatic N) is 1. The van der Waals surface area contributed by atoms with Gasteiger partial charge >= 0.3 is 0 Å². The zero-order chi connectivity index (χ0) is 14.1. The van der Waals surface area contributed by atoms with E-state index in [-0.39, 0.29) is 23.5 Å². The second-order valence-corrected chi connectivity index (χ2v) is 4.78. The molecule has 0 heterocycles. The first-order chi connectivity index (χ1) is 8.20. The molecule has 5 nitrogen and oxygen atoms in total. The molecule has 5 N–H and O–H groups in total. The fourth-order valence-corrected chi connectivity index (χ4v) is 1.48. The second kappa shape index (κ2) is 4.81. The number of hydrogen-bond donors (Lipinski definition) is 3. The molecule has 0 aliphatic rings. The molecule has 18 heavy (non-hydrogen) atoms. The molecule has 0 bridgehead atoms. The number of benzene rings is 1. The van der Waals surface area contributed by atoms with Crippen molar-refractivity contribution in [2.24, 2.45) is 5.73 Å². The molecule has 0 unspecified atom stereocenters. The summed E-state index contributed by atoms with van der Waals surface area (Å²) in [5.41, 5.74) is 10.2. The molecule has 0 fully saturated rings. The van der Waals surface area contributed by atoms with Crippen molar-refractivity contribution in [1.29, 1.82) is 0 Å². The maximum absolute atomic E-state index is 13.9. The SMILES string of the molecule is CN(c1cc(C(N)=O)c(N)cc1F)C(C)(C)CO. The van der Waals surface area contributed by atoms with E-state index in [1.807, 2.05) is 0 Å². The molecule has 0 radical (unpaired) electrons. The summed E-state index contributed by atoms with van der Waals surface area (Å²) in [7, 11) is 1.62. The number of amides is 1. The number of aliphatic hydroxyl groups is 1. The minimum absolute atomic E-state index is 0.000968. The maximum atomic E-state index is 13.9. The Morgan fingerprint density at radius 2 is 2.06 bits per heavy atom. The monoisotopic (exact) mass is 255 g/mol. The Kier molecular flexibility index (Phi) is 3.81. The average Bonchev–Trinajstić information content (AvgIpc) is 2.27. The number of hydrogen-bond acceptors (Lipinski definition) is 4. The molecule has 0 aliphatic heterocycles. The van der Waals surface area contributed by atoms with Gasteiger partial charge in [0.15, 0.2) is 0 Å². The van der Waals surface area contributed by atoms with Crippen molar-refractivity contribution in [1.82, 2.24) is 0 Å². The van der Waals surface area contributed by atoms with Crippen LogP contribution in [0.15, 0.2) is 12.1 Å². The van der Waals surface area contributed by atoms with E-state index in [9.17, 15) is 14.3 Å². The second-order valence-electron chi connectivity index (χ2n) is 4.78. The number of primary amides is 1. The highest BCUT2D eigenvalue weighted by atomic mass is 19.1. The van der Waals surface area contributed by atoms with Gasteiger partial charge < -0.3 is 21.5 Å². The Morgan fingerprint density at radius 3 is 2.50 bits per heavy atom. The van der Waals surface area contributed by atoms with Crippen molar-refractivity contribution in [3.8, 4) is 0 Å². The Hall–Kier alpha value is -1.82. The molecule has 1 aromatic carbocycles. The van der Waals surface area contributed by atoms with Crippen LogP contribution in [0.4, 0.5) is 15.8 Å². The maximum Gasteiger partial charge on any atom is 0.250 e. The summed E-state index contributed by atoms with van der Waals surface area (Å²) in [4.78, 5) is 12.7. The molecule has 0 saturated carbocycles. The van der Waals surface area contributed by atoms with Crippen molar-refractivity contribution in [3.63, 3.8) is 0 Å². The summed E-state index contributed by atoms with van der Waals surface area (Å²) >= 11 is 0. The molecule has 100 valence electrons. The quantitative estimate of drug-likeness (QED) is 0.691. The number of nitrogen functional groups attached to an aromatic ring is 1. The molecular formula is C12H18FN3O2. The van der Waals surface area contributed by atoms with E-state index in [2.05, 4.69) is 0 Å². The van der Waals surface area contributed by atoms with E-state index in [1.165, 1.54) is 11.0 Å². The van der Waals surface area contributed by atoms with Crippen molar-refractivity contribution >= 4 is 17.3 Å². The summed E-state index contributed by atoms with van der Waals surface area (Å²) in [5.74, 6) is -1.29. The van der Waals surface area contributed by atoms with E-state index in [0.717, 1.165) is 6.07 Å². The van der Waals surface area contributed by atoms with Gasteiger partial charge in [-0.25, -0.2) is 4.39 Å². The highest BCUT2D eigenvalue weighted by Gasteiger charge is 2.26. The first-order valence-corrected chi connectivity index (χ1v) is 5.44. The Balaban J connectivity index is 3.33. The predicted octanol–water partition coefficient (Wildman–Crippen LogP) is 0.714. The van der Waals surface area contributed by atoms with Crippen molar-refractivity contribution in [2.75, 3.05) is 24.3 Å². The largest absolute Gasteiger partial charge is 0.398 e. The minimum atomic E-state index is -0.719. The van der Waals surface area contributed by atoms with Gasteiger partial charge in [-0.1, -0.05) is 0 Å². The number of rotatable bonds is 4. The van der Waals surface area contributed by atoms with E-state index >= 15 is 0 Å². The van der Waals surface area contributed by atoms with Gasteiger partial charge in [0.05, 0.1) is 23.4 Å². The van der Waals surface area contributed by atoms with Gasteiger partial charge in [-0.05, 0) is 26.0 Å². The van der Waals surface area contributed by atoms with E-state index in [0.29, 0.717) is 0 Å². The topological polar surface area (TPSA) is 92.6 Å². The van der Waals surface area contributed by atoms with Crippen LogP contribution in [0, 0.1) is 5.82 Å². The highest BCUT2D eigenvalue weighted by Crippen LogP contribution is 2.28. The van der Waals surface area contributed by atoms with Crippen LogP contribution >= 0.6 is 0 Å². The third kappa shape index (κ3) is 2.53. The standard InChI is InChI=1S/C12H18FN3O2/c1-12(2,6-17)16(3)10-4-7(11(15)18)9(14)5-8(10)13/h4-5,17H,6,14H2,1-3H3,(H2,15,18). The Labute approximate surface area is 105 Å². The van der Waals surface area contributed by atoms with Crippen LogP contribution in [0.25, 0.3) is 0 Å². The highest BCUT2D eigenvalue weighted by molar-refractivity contribution is 5.99. The molecule has 0 atom stereocenters.